The fourth-order valence-electron chi connectivity index (χ4n) is 3.58. The van der Waals surface area contributed by atoms with Gasteiger partial charge in [0, 0.05) is 12.1 Å². The Bertz CT molecular complexity index is 1250. The second-order valence-electron chi connectivity index (χ2n) is 7.61. The normalized spacial score (nSPS) is 13.4. The Morgan fingerprint density at radius 3 is 2.53 bits per heavy atom. The van der Waals surface area contributed by atoms with Crippen LogP contribution in [0, 0.1) is 0 Å². The molecule has 1 unspecified atom stereocenters. The molecule has 0 saturated carbocycles. The van der Waals surface area contributed by atoms with Crippen molar-refractivity contribution >= 4 is 23.7 Å². The number of carbonyl (C=O) groups is 4. The first-order valence-corrected chi connectivity index (χ1v) is 10.5. The molecule has 2 heterocycles. The van der Waals surface area contributed by atoms with Crippen LogP contribution in [0.4, 0.5) is 0 Å². The predicted octanol–water partition coefficient (Wildman–Crippen LogP) is 2.95. The maximum Gasteiger partial charge on any atom is 0.338 e. The van der Waals surface area contributed by atoms with Gasteiger partial charge in [-0.3, -0.25) is 19.3 Å². The largest absolute Gasteiger partial charge is 0.496 e. The van der Waals surface area contributed by atoms with Gasteiger partial charge in [-0.15, -0.1) is 0 Å². The molecule has 3 aromatic rings. The number of ether oxygens (including phenoxy) is 2. The molecule has 9 nitrogen and oxygen atoms in total. The number of para-hydroxylation sites is 1. The van der Waals surface area contributed by atoms with Crippen LogP contribution in [0.2, 0.25) is 0 Å². The summed E-state index contributed by atoms with van der Waals surface area (Å²) in [5.41, 5.74) is 1.12. The summed E-state index contributed by atoms with van der Waals surface area (Å²) >= 11 is 0. The minimum absolute atomic E-state index is 0.0114. The fourth-order valence-corrected chi connectivity index (χ4v) is 3.58. The van der Waals surface area contributed by atoms with Crippen molar-refractivity contribution in [3.05, 3.63) is 88.9 Å². The molecule has 174 valence electrons. The molecule has 1 aromatic heterocycles. The lowest BCUT2D eigenvalue weighted by Gasteiger charge is -2.15. The van der Waals surface area contributed by atoms with Gasteiger partial charge in [-0.2, -0.15) is 0 Å². The molecule has 4 rings (SSSR count). The monoisotopic (exact) mass is 462 g/mol. The number of amides is 3. The van der Waals surface area contributed by atoms with Crippen LogP contribution in [0.3, 0.4) is 0 Å². The van der Waals surface area contributed by atoms with Gasteiger partial charge in [0.1, 0.15) is 11.5 Å². The van der Waals surface area contributed by atoms with E-state index in [0.717, 1.165) is 10.5 Å². The van der Waals surface area contributed by atoms with Crippen molar-refractivity contribution in [2.75, 3.05) is 7.11 Å². The maximum absolute atomic E-state index is 12.7. The highest BCUT2D eigenvalue weighted by Crippen LogP contribution is 2.26. The molecular weight excluding hydrogens is 440 g/mol. The van der Waals surface area contributed by atoms with Gasteiger partial charge in [0.25, 0.3) is 17.7 Å². The maximum atomic E-state index is 12.7. The van der Waals surface area contributed by atoms with Gasteiger partial charge in [-0.05, 0) is 43.3 Å². The van der Waals surface area contributed by atoms with Crippen LogP contribution in [0.15, 0.2) is 65.3 Å². The summed E-state index contributed by atoms with van der Waals surface area (Å²) < 4.78 is 15.7. The van der Waals surface area contributed by atoms with Gasteiger partial charge in [0.2, 0.25) is 0 Å². The first kappa shape index (κ1) is 22.8. The Morgan fingerprint density at radius 1 is 1.03 bits per heavy atom. The number of benzene rings is 2. The number of nitrogens with one attached hydrogen (secondary N) is 1. The Labute approximate surface area is 195 Å². The molecule has 2 aromatic carbocycles. The van der Waals surface area contributed by atoms with Crippen molar-refractivity contribution in [1.82, 2.24) is 10.2 Å². The van der Waals surface area contributed by atoms with Crippen molar-refractivity contribution in [1.29, 1.82) is 0 Å². The van der Waals surface area contributed by atoms with Crippen LogP contribution < -0.4 is 10.1 Å². The molecule has 0 spiro atoms. The number of fused-ring (bicyclic) bond motifs is 1. The predicted molar refractivity (Wildman–Crippen MR) is 119 cm³/mol. The van der Waals surface area contributed by atoms with Gasteiger partial charge in [-0.1, -0.05) is 18.2 Å². The zero-order valence-corrected chi connectivity index (χ0v) is 18.6. The van der Waals surface area contributed by atoms with Gasteiger partial charge in [-0.25, -0.2) is 4.79 Å². The zero-order valence-electron chi connectivity index (χ0n) is 18.6. The molecule has 1 N–H and O–H groups in total. The van der Waals surface area contributed by atoms with Crippen LogP contribution >= 0.6 is 0 Å². The lowest BCUT2D eigenvalue weighted by Crippen LogP contribution is -2.35. The molecule has 0 radical (unpaired) electrons. The number of methoxy groups -OCH3 is 1. The second-order valence-corrected chi connectivity index (χ2v) is 7.61. The lowest BCUT2D eigenvalue weighted by atomic mass is 10.1. The number of imide groups is 1. The van der Waals surface area contributed by atoms with Gasteiger partial charge < -0.3 is 19.2 Å². The molecule has 1 aliphatic rings. The minimum Gasteiger partial charge on any atom is -0.496 e. The van der Waals surface area contributed by atoms with E-state index in [1.165, 1.54) is 38.5 Å². The fraction of sp³-hybridized carbons (Fsp3) is 0.200. The Morgan fingerprint density at radius 2 is 1.79 bits per heavy atom. The molecule has 0 bridgehead atoms. The molecule has 1 aliphatic heterocycles. The molecule has 3 amide bonds. The minimum atomic E-state index is -1.08. The third-order valence-corrected chi connectivity index (χ3v) is 5.40. The molecule has 0 fully saturated rings. The second kappa shape index (κ2) is 9.62. The summed E-state index contributed by atoms with van der Waals surface area (Å²) in [6, 6.07) is 14.7. The molecule has 1 atom stereocenters. The Hall–Kier alpha value is -4.40. The van der Waals surface area contributed by atoms with Crippen LogP contribution in [0.1, 0.15) is 49.3 Å². The number of hydrogen-bond donors (Lipinski definition) is 1. The highest BCUT2D eigenvalue weighted by molar-refractivity contribution is 6.21. The number of hydrogen-bond acceptors (Lipinski definition) is 7. The van der Waals surface area contributed by atoms with Crippen LogP contribution in [-0.4, -0.2) is 41.8 Å². The Balaban J connectivity index is 1.39. The summed E-state index contributed by atoms with van der Waals surface area (Å²) in [5, 5.41) is 2.70. The zero-order chi connectivity index (χ0) is 24.2. The summed E-state index contributed by atoms with van der Waals surface area (Å²) in [5.74, 6) is -1.19. The lowest BCUT2D eigenvalue weighted by molar-refractivity contribution is -0.129. The average Bonchev–Trinajstić information content (AvgIpc) is 3.45. The van der Waals surface area contributed by atoms with Crippen LogP contribution in [0.5, 0.6) is 5.75 Å². The van der Waals surface area contributed by atoms with Gasteiger partial charge in [0.15, 0.2) is 6.10 Å². The SMILES string of the molecule is COc1ccccc1CNC(=O)C(C)OC(=O)c1ccc2c(c1)C(=O)N(Cc1ccco1)C2=O. The van der Waals surface area contributed by atoms with Crippen LogP contribution in [0.25, 0.3) is 0 Å². The van der Waals surface area contributed by atoms with E-state index in [1.54, 1.807) is 18.2 Å². The standard InChI is InChI=1S/C25H22N2O7/c1-15(22(28)26-13-17-6-3-4-8-21(17)32-2)34-25(31)16-9-10-19-20(12-16)24(30)27(23(19)29)14-18-7-5-11-33-18/h3-12,15H,13-14H2,1-2H3,(H,26,28). The average molecular weight is 462 g/mol. The van der Waals surface area contributed by atoms with E-state index in [4.69, 9.17) is 13.9 Å². The molecule has 9 heteroatoms. The first-order chi connectivity index (χ1) is 16.4. The number of rotatable bonds is 8. The van der Waals surface area contributed by atoms with Crippen molar-refractivity contribution in [3.63, 3.8) is 0 Å². The van der Waals surface area contributed by atoms with Crippen molar-refractivity contribution < 1.29 is 33.1 Å². The quantitative estimate of drug-likeness (QED) is 0.404. The number of esters is 1. The van der Waals surface area contributed by atoms with Crippen molar-refractivity contribution in [2.24, 2.45) is 0 Å². The van der Waals surface area contributed by atoms with E-state index < -0.39 is 29.8 Å². The van der Waals surface area contributed by atoms with E-state index in [0.29, 0.717) is 11.5 Å². The third kappa shape index (κ3) is 4.54. The smallest absolute Gasteiger partial charge is 0.338 e. The van der Waals surface area contributed by atoms with E-state index in [2.05, 4.69) is 5.32 Å². The molecular formula is C25H22N2O7. The summed E-state index contributed by atoms with van der Waals surface area (Å²) in [6.45, 7) is 1.64. The highest BCUT2D eigenvalue weighted by atomic mass is 16.5. The topological polar surface area (TPSA) is 115 Å². The van der Waals surface area contributed by atoms with Crippen molar-refractivity contribution in [2.45, 2.75) is 26.1 Å². The van der Waals surface area contributed by atoms with E-state index >= 15 is 0 Å². The number of carbonyl (C=O) groups excluding carboxylic acids is 4. The Kier molecular flexibility index (Phi) is 6.44. The summed E-state index contributed by atoms with van der Waals surface area (Å²) in [4.78, 5) is 51.4. The summed E-state index contributed by atoms with van der Waals surface area (Å²) in [7, 11) is 1.54. The van der Waals surface area contributed by atoms with E-state index in [-0.39, 0.29) is 29.8 Å². The molecule has 0 saturated heterocycles. The van der Waals surface area contributed by atoms with E-state index in [1.807, 2.05) is 18.2 Å². The molecule has 0 aliphatic carbocycles. The van der Waals surface area contributed by atoms with Gasteiger partial charge in [0.05, 0.1) is 36.6 Å². The number of nitrogens with zero attached hydrogens (tertiary/aromatic N) is 1. The third-order valence-electron chi connectivity index (χ3n) is 5.40. The molecule has 34 heavy (non-hydrogen) atoms. The number of furan rings is 1. The van der Waals surface area contributed by atoms with Crippen molar-refractivity contribution in [3.8, 4) is 5.75 Å². The summed E-state index contributed by atoms with van der Waals surface area (Å²) in [6.07, 6.45) is 0.373. The van der Waals surface area contributed by atoms with E-state index in [9.17, 15) is 19.2 Å². The highest BCUT2D eigenvalue weighted by Gasteiger charge is 2.36. The van der Waals surface area contributed by atoms with Gasteiger partial charge >= 0.3 is 5.97 Å². The van der Waals surface area contributed by atoms with Crippen LogP contribution in [-0.2, 0) is 22.6 Å². The first-order valence-electron chi connectivity index (χ1n) is 10.5.